The Balaban J connectivity index is 1.36. The van der Waals surface area contributed by atoms with E-state index in [1.807, 2.05) is 49.4 Å². The molecule has 1 N–H and O–H groups in total. The van der Waals surface area contributed by atoms with E-state index < -0.39 is 5.97 Å². The topological polar surface area (TPSA) is 86.2 Å². The maximum atomic E-state index is 12.6. The van der Waals surface area contributed by atoms with Gasteiger partial charge in [-0.05, 0) is 70.8 Å². The molecule has 0 aliphatic heterocycles. The fourth-order valence-electron chi connectivity index (χ4n) is 3.75. The summed E-state index contributed by atoms with van der Waals surface area (Å²) in [6, 6.07) is 25.6. The third kappa shape index (κ3) is 6.73. The molecule has 4 aromatic carbocycles. The summed E-state index contributed by atoms with van der Waals surface area (Å²) < 4.78 is 16.5. The number of carbonyl (C=O) groups excluding carboxylic acids is 2. The Labute approximate surface area is 215 Å². The maximum Gasteiger partial charge on any atom is 0.343 e. The zero-order valence-electron chi connectivity index (χ0n) is 20.8. The number of rotatable bonds is 10. The van der Waals surface area contributed by atoms with Gasteiger partial charge in [-0.15, -0.1) is 0 Å². The van der Waals surface area contributed by atoms with Gasteiger partial charge in [0.05, 0.1) is 31.9 Å². The molecule has 0 spiro atoms. The zero-order chi connectivity index (χ0) is 26.0. The van der Waals surface area contributed by atoms with Crippen molar-refractivity contribution in [2.45, 2.75) is 19.8 Å². The Morgan fingerprint density at radius 3 is 2.49 bits per heavy atom. The van der Waals surface area contributed by atoms with Crippen LogP contribution >= 0.6 is 0 Å². The molecule has 0 aliphatic carbocycles. The number of benzene rings is 4. The zero-order valence-corrected chi connectivity index (χ0v) is 20.8. The van der Waals surface area contributed by atoms with Gasteiger partial charge in [0.25, 0.3) is 0 Å². The van der Waals surface area contributed by atoms with Gasteiger partial charge in [-0.25, -0.2) is 10.2 Å². The van der Waals surface area contributed by atoms with E-state index in [2.05, 4.69) is 10.5 Å². The van der Waals surface area contributed by atoms with E-state index in [1.54, 1.807) is 42.5 Å². The van der Waals surface area contributed by atoms with E-state index in [9.17, 15) is 9.59 Å². The molecule has 0 heterocycles. The number of hydrogen-bond acceptors (Lipinski definition) is 6. The normalized spacial score (nSPS) is 10.9. The molecule has 0 atom stereocenters. The Kier molecular flexibility index (Phi) is 8.49. The summed E-state index contributed by atoms with van der Waals surface area (Å²) in [5, 5.41) is 6.19. The minimum absolute atomic E-state index is 0.211. The summed E-state index contributed by atoms with van der Waals surface area (Å²) in [6.07, 6.45) is 2.62. The lowest BCUT2D eigenvalue weighted by Crippen LogP contribution is -2.19. The SMILES string of the molecule is CCCOc1ccc(C(=O)Oc2ccc(C=NNC(=O)Cc3cccc4ccccc34)cc2OC)cc1. The molecule has 0 aromatic heterocycles. The predicted molar refractivity (Wildman–Crippen MR) is 144 cm³/mol. The average molecular weight is 497 g/mol. The molecular formula is C30H28N2O5. The first-order valence-corrected chi connectivity index (χ1v) is 12.0. The molecule has 4 rings (SSSR count). The Morgan fingerprint density at radius 2 is 1.70 bits per heavy atom. The molecule has 37 heavy (non-hydrogen) atoms. The third-order valence-corrected chi connectivity index (χ3v) is 5.59. The van der Waals surface area contributed by atoms with Gasteiger partial charge in [-0.2, -0.15) is 5.10 Å². The second kappa shape index (κ2) is 12.4. The molecule has 0 radical (unpaired) electrons. The summed E-state index contributed by atoms with van der Waals surface area (Å²) in [6.45, 7) is 2.64. The van der Waals surface area contributed by atoms with Crippen LogP contribution in [0.4, 0.5) is 0 Å². The number of methoxy groups -OCH3 is 1. The quantitative estimate of drug-likeness (QED) is 0.135. The fraction of sp³-hybridized carbons (Fsp3) is 0.167. The lowest BCUT2D eigenvalue weighted by atomic mass is 10.0. The predicted octanol–water partition coefficient (Wildman–Crippen LogP) is 5.55. The first-order valence-electron chi connectivity index (χ1n) is 12.0. The monoisotopic (exact) mass is 496 g/mol. The summed E-state index contributed by atoms with van der Waals surface area (Å²) >= 11 is 0. The van der Waals surface area contributed by atoms with Crippen molar-refractivity contribution in [2.24, 2.45) is 5.10 Å². The highest BCUT2D eigenvalue weighted by atomic mass is 16.6. The van der Waals surface area contributed by atoms with E-state index in [1.165, 1.54) is 13.3 Å². The van der Waals surface area contributed by atoms with E-state index in [0.29, 0.717) is 29.2 Å². The highest BCUT2D eigenvalue weighted by molar-refractivity contribution is 5.92. The van der Waals surface area contributed by atoms with Crippen LogP contribution in [0.1, 0.15) is 34.8 Å². The van der Waals surface area contributed by atoms with Crippen LogP contribution in [0.25, 0.3) is 10.8 Å². The van der Waals surface area contributed by atoms with Crippen LogP contribution in [-0.4, -0.2) is 31.8 Å². The summed E-state index contributed by atoms with van der Waals surface area (Å²) in [7, 11) is 1.49. The summed E-state index contributed by atoms with van der Waals surface area (Å²) in [4.78, 5) is 25.0. The molecule has 0 unspecified atom stereocenters. The Bertz CT molecular complexity index is 1410. The van der Waals surface area contributed by atoms with Gasteiger partial charge in [0.15, 0.2) is 11.5 Å². The number of esters is 1. The molecule has 4 aromatic rings. The minimum atomic E-state index is -0.512. The summed E-state index contributed by atoms with van der Waals surface area (Å²) in [5.74, 6) is 0.598. The number of nitrogens with zero attached hydrogens (tertiary/aromatic N) is 1. The molecule has 0 fully saturated rings. The standard InChI is InChI=1S/C30H28N2O5/c1-3-17-36-25-14-12-23(13-15-25)30(34)37-27-16-11-21(18-28(27)35-2)20-31-32-29(33)19-24-9-6-8-22-7-4-5-10-26(22)24/h4-16,18,20H,3,17,19H2,1-2H3,(H,32,33). The van der Waals surface area contributed by atoms with Crippen molar-refractivity contribution in [1.29, 1.82) is 0 Å². The average Bonchev–Trinajstić information content (AvgIpc) is 2.93. The molecule has 0 saturated heterocycles. The van der Waals surface area contributed by atoms with E-state index >= 15 is 0 Å². The Hall–Kier alpha value is -4.65. The van der Waals surface area contributed by atoms with Crippen LogP contribution in [0.15, 0.2) is 90.0 Å². The van der Waals surface area contributed by atoms with Crippen molar-refractivity contribution < 1.29 is 23.8 Å². The number of ether oxygens (including phenoxy) is 3. The molecule has 1 amide bonds. The first kappa shape index (κ1) is 25.4. The van der Waals surface area contributed by atoms with Crippen molar-refractivity contribution in [3.8, 4) is 17.2 Å². The van der Waals surface area contributed by atoms with Crippen LogP contribution in [0.5, 0.6) is 17.2 Å². The van der Waals surface area contributed by atoms with Crippen LogP contribution in [-0.2, 0) is 11.2 Å². The van der Waals surface area contributed by atoms with Crippen LogP contribution in [0.3, 0.4) is 0 Å². The first-order chi connectivity index (χ1) is 18.1. The molecule has 7 heteroatoms. The van der Waals surface area contributed by atoms with Gasteiger partial charge < -0.3 is 14.2 Å². The van der Waals surface area contributed by atoms with Gasteiger partial charge in [0.2, 0.25) is 5.91 Å². The van der Waals surface area contributed by atoms with Crippen molar-refractivity contribution >= 4 is 28.9 Å². The van der Waals surface area contributed by atoms with Gasteiger partial charge >= 0.3 is 5.97 Å². The molecule has 7 nitrogen and oxygen atoms in total. The number of hydrogen-bond donors (Lipinski definition) is 1. The highest BCUT2D eigenvalue weighted by Crippen LogP contribution is 2.28. The molecular weight excluding hydrogens is 468 g/mol. The molecule has 0 saturated carbocycles. The summed E-state index contributed by atoms with van der Waals surface area (Å²) in [5.41, 5.74) is 4.55. The highest BCUT2D eigenvalue weighted by Gasteiger charge is 2.13. The van der Waals surface area contributed by atoms with Crippen molar-refractivity contribution in [2.75, 3.05) is 13.7 Å². The number of fused-ring (bicyclic) bond motifs is 1. The van der Waals surface area contributed by atoms with Crippen molar-refractivity contribution in [1.82, 2.24) is 5.43 Å². The number of amides is 1. The third-order valence-electron chi connectivity index (χ3n) is 5.59. The van der Waals surface area contributed by atoms with E-state index in [-0.39, 0.29) is 18.1 Å². The van der Waals surface area contributed by atoms with E-state index in [4.69, 9.17) is 14.2 Å². The smallest absolute Gasteiger partial charge is 0.343 e. The van der Waals surface area contributed by atoms with Gasteiger partial charge in [0, 0.05) is 0 Å². The second-order valence-electron chi connectivity index (χ2n) is 8.28. The fourth-order valence-corrected chi connectivity index (χ4v) is 3.75. The van der Waals surface area contributed by atoms with Crippen molar-refractivity contribution in [3.05, 3.63) is 102 Å². The largest absolute Gasteiger partial charge is 0.494 e. The van der Waals surface area contributed by atoms with Gasteiger partial charge in [-0.1, -0.05) is 49.4 Å². The molecule has 0 aliphatic rings. The lowest BCUT2D eigenvalue weighted by Gasteiger charge is -2.10. The van der Waals surface area contributed by atoms with Gasteiger partial charge in [-0.3, -0.25) is 4.79 Å². The van der Waals surface area contributed by atoms with Gasteiger partial charge in [0.1, 0.15) is 5.75 Å². The minimum Gasteiger partial charge on any atom is -0.494 e. The second-order valence-corrected chi connectivity index (χ2v) is 8.28. The molecule has 0 bridgehead atoms. The maximum absolute atomic E-state index is 12.6. The number of carbonyl (C=O) groups is 2. The number of nitrogens with one attached hydrogen (secondary N) is 1. The lowest BCUT2D eigenvalue weighted by molar-refractivity contribution is -0.120. The Morgan fingerprint density at radius 1 is 0.919 bits per heavy atom. The van der Waals surface area contributed by atoms with Crippen LogP contribution < -0.4 is 19.6 Å². The van der Waals surface area contributed by atoms with Crippen LogP contribution in [0, 0.1) is 0 Å². The van der Waals surface area contributed by atoms with E-state index in [0.717, 1.165) is 22.8 Å². The number of hydrazone groups is 1. The molecule has 188 valence electrons. The van der Waals surface area contributed by atoms with Crippen LogP contribution in [0.2, 0.25) is 0 Å². The van der Waals surface area contributed by atoms with Crippen molar-refractivity contribution in [3.63, 3.8) is 0 Å².